The predicted molar refractivity (Wildman–Crippen MR) is 91.7 cm³/mol. The fourth-order valence-electron chi connectivity index (χ4n) is 3.81. The van der Waals surface area contributed by atoms with Gasteiger partial charge in [-0.3, -0.25) is 14.5 Å². The van der Waals surface area contributed by atoms with Gasteiger partial charge in [0, 0.05) is 25.0 Å². The summed E-state index contributed by atoms with van der Waals surface area (Å²) >= 11 is 0. The third-order valence-electron chi connectivity index (χ3n) is 5.32. The van der Waals surface area contributed by atoms with E-state index in [0.717, 1.165) is 19.4 Å². The molecule has 2 unspecified atom stereocenters. The minimum absolute atomic E-state index is 0.00422. The minimum Gasteiger partial charge on any atom is -0.481 e. The molecule has 1 aromatic rings. The van der Waals surface area contributed by atoms with Crippen LogP contribution in [0.5, 0.6) is 0 Å². The Morgan fingerprint density at radius 3 is 2.58 bits per heavy atom. The number of carbonyl (C=O) groups is 2. The van der Waals surface area contributed by atoms with Crippen molar-refractivity contribution < 1.29 is 14.7 Å². The van der Waals surface area contributed by atoms with Gasteiger partial charge in [-0.2, -0.15) is 0 Å². The average molecular weight is 330 g/mol. The Morgan fingerprint density at radius 2 is 1.96 bits per heavy atom. The lowest BCUT2D eigenvalue weighted by atomic mass is 9.90. The molecule has 3 rings (SSSR count). The molecule has 2 fully saturated rings. The minimum atomic E-state index is -0.757. The number of amides is 1. The van der Waals surface area contributed by atoms with Crippen LogP contribution in [0.4, 0.5) is 0 Å². The quantitative estimate of drug-likeness (QED) is 0.835. The molecule has 2 atom stereocenters. The number of carboxylic acid groups (broad SMARTS) is 1. The van der Waals surface area contributed by atoms with Gasteiger partial charge in [-0.05, 0) is 30.7 Å². The molecule has 1 aliphatic carbocycles. The number of carbonyl (C=O) groups excluding carboxylic acids is 1. The first-order valence-corrected chi connectivity index (χ1v) is 8.76. The van der Waals surface area contributed by atoms with Crippen molar-refractivity contribution in [2.45, 2.75) is 31.6 Å². The van der Waals surface area contributed by atoms with Crippen LogP contribution in [0.1, 0.15) is 31.7 Å². The lowest BCUT2D eigenvalue weighted by molar-refractivity contribution is -0.145. The number of carboxylic acids is 1. The van der Waals surface area contributed by atoms with Crippen LogP contribution in [0.15, 0.2) is 30.3 Å². The van der Waals surface area contributed by atoms with Gasteiger partial charge in [0.1, 0.15) is 0 Å². The van der Waals surface area contributed by atoms with E-state index in [-0.39, 0.29) is 17.2 Å². The maximum absolute atomic E-state index is 12.3. The molecule has 5 nitrogen and oxygen atoms in total. The number of nitrogens with zero attached hydrogens (tertiary/aromatic N) is 1. The first kappa shape index (κ1) is 17.0. The van der Waals surface area contributed by atoms with Crippen LogP contribution < -0.4 is 5.32 Å². The highest BCUT2D eigenvalue weighted by molar-refractivity contribution is 5.78. The normalized spacial score (nSPS) is 25.9. The van der Waals surface area contributed by atoms with E-state index in [0.29, 0.717) is 32.0 Å². The van der Waals surface area contributed by atoms with Crippen LogP contribution in [0.25, 0.3) is 0 Å². The van der Waals surface area contributed by atoms with E-state index < -0.39 is 5.97 Å². The SMILES string of the molecule is CC1CC(C(=O)O)CN(CC(=O)NCC2(c3ccccc3)CC2)C1. The van der Waals surface area contributed by atoms with Gasteiger partial charge in [0.2, 0.25) is 5.91 Å². The molecule has 1 amide bonds. The number of likely N-dealkylation sites (tertiary alicyclic amines) is 1. The summed E-state index contributed by atoms with van der Waals surface area (Å²) in [5.74, 6) is -0.809. The molecule has 5 heteroatoms. The van der Waals surface area contributed by atoms with Crippen LogP contribution >= 0.6 is 0 Å². The Hall–Kier alpha value is -1.88. The number of hydrogen-bond acceptors (Lipinski definition) is 3. The molecule has 2 N–H and O–H groups in total. The maximum Gasteiger partial charge on any atom is 0.307 e. The molecule has 0 bridgehead atoms. The summed E-state index contributed by atoms with van der Waals surface area (Å²) < 4.78 is 0. The van der Waals surface area contributed by atoms with Gasteiger partial charge in [0.05, 0.1) is 12.5 Å². The molecule has 0 aromatic heterocycles. The van der Waals surface area contributed by atoms with E-state index in [1.807, 2.05) is 23.1 Å². The number of rotatable bonds is 6. The van der Waals surface area contributed by atoms with E-state index in [4.69, 9.17) is 0 Å². The molecule has 1 saturated carbocycles. The molecule has 0 spiro atoms. The summed E-state index contributed by atoms with van der Waals surface area (Å²) in [6.45, 7) is 4.27. The zero-order valence-corrected chi connectivity index (χ0v) is 14.2. The lowest BCUT2D eigenvalue weighted by Gasteiger charge is -2.34. The number of nitrogens with one attached hydrogen (secondary N) is 1. The second-order valence-corrected chi connectivity index (χ2v) is 7.49. The van der Waals surface area contributed by atoms with Gasteiger partial charge in [-0.1, -0.05) is 37.3 Å². The lowest BCUT2D eigenvalue weighted by Crippen LogP contribution is -2.47. The second kappa shape index (κ2) is 6.93. The number of aliphatic carboxylic acids is 1. The molecule has 0 radical (unpaired) electrons. The Bertz CT molecular complexity index is 598. The molecule has 2 aliphatic rings. The Labute approximate surface area is 143 Å². The number of benzene rings is 1. The van der Waals surface area contributed by atoms with Gasteiger partial charge in [-0.15, -0.1) is 0 Å². The Balaban J connectivity index is 1.50. The van der Waals surface area contributed by atoms with E-state index in [1.165, 1.54) is 5.56 Å². The van der Waals surface area contributed by atoms with Gasteiger partial charge >= 0.3 is 5.97 Å². The summed E-state index contributed by atoms with van der Waals surface area (Å²) in [5.41, 5.74) is 1.40. The van der Waals surface area contributed by atoms with E-state index in [9.17, 15) is 14.7 Å². The summed E-state index contributed by atoms with van der Waals surface area (Å²) in [6.07, 6.45) is 2.92. The smallest absolute Gasteiger partial charge is 0.307 e. The molecule has 130 valence electrons. The van der Waals surface area contributed by atoms with Gasteiger partial charge in [-0.25, -0.2) is 0 Å². The van der Waals surface area contributed by atoms with E-state index in [2.05, 4.69) is 24.4 Å². The maximum atomic E-state index is 12.3. The molecule has 1 heterocycles. The van der Waals surface area contributed by atoms with Gasteiger partial charge in [0.15, 0.2) is 0 Å². The highest BCUT2D eigenvalue weighted by Crippen LogP contribution is 2.47. The van der Waals surface area contributed by atoms with E-state index >= 15 is 0 Å². The first-order chi connectivity index (χ1) is 11.5. The van der Waals surface area contributed by atoms with Crippen molar-refractivity contribution in [2.24, 2.45) is 11.8 Å². The van der Waals surface area contributed by atoms with Crippen molar-refractivity contribution in [1.29, 1.82) is 0 Å². The largest absolute Gasteiger partial charge is 0.481 e. The van der Waals surface area contributed by atoms with Crippen molar-refractivity contribution >= 4 is 11.9 Å². The third kappa shape index (κ3) is 3.96. The summed E-state index contributed by atoms with van der Waals surface area (Å²) in [4.78, 5) is 25.5. The molecule has 1 aliphatic heterocycles. The zero-order chi connectivity index (χ0) is 17.2. The van der Waals surface area contributed by atoms with Crippen molar-refractivity contribution in [3.8, 4) is 0 Å². The second-order valence-electron chi connectivity index (χ2n) is 7.49. The molecular formula is C19H26N2O3. The standard InChI is InChI=1S/C19H26N2O3/c1-14-9-15(18(23)24)11-21(10-14)12-17(22)20-13-19(7-8-19)16-5-3-2-4-6-16/h2-6,14-15H,7-13H2,1H3,(H,20,22)(H,23,24). The van der Waals surface area contributed by atoms with Crippen molar-refractivity contribution in [3.63, 3.8) is 0 Å². The highest BCUT2D eigenvalue weighted by Gasteiger charge is 2.44. The molecule has 24 heavy (non-hydrogen) atoms. The van der Waals surface area contributed by atoms with Crippen LogP contribution in [-0.2, 0) is 15.0 Å². The van der Waals surface area contributed by atoms with Crippen LogP contribution in [0.2, 0.25) is 0 Å². The van der Waals surface area contributed by atoms with Crippen molar-refractivity contribution in [3.05, 3.63) is 35.9 Å². The van der Waals surface area contributed by atoms with Crippen molar-refractivity contribution in [2.75, 3.05) is 26.2 Å². The van der Waals surface area contributed by atoms with Crippen LogP contribution in [-0.4, -0.2) is 48.1 Å². The molecule has 1 saturated heterocycles. The number of hydrogen-bond donors (Lipinski definition) is 2. The fourth-order valence-corrected chi connectivity index (χ4v) is 3.81. The Morgan fingerprint density at radius 1 is 1.25 bits per heavy atom. The van der Waals surface area contributed by atoms with Crippen molar-refractivity contribution in [1.82, 2.24) is 10.2 Å². The summed E-state index contributed by atoms with van der Waals surface area (Å²) in [6, 6.07) is 10.3. The monoisotopic (exact) mass is 330 g/mol. The molecular weight excluding hydrogens is 304 g/mol. The fraction of sp³-hybridized carbons (Fsp3) is 0.579. The average Bonchev–Trinajstić information content (AvgIpc) is 3.34. The van der Waals surface area contributed by atoms with Crippen LogP contribution in [0, 0.1) is 11.8 Å². The molecule has 1 aromatic carbocycles. The van der Waals surface area contributed by atoms with Crippen LogP contribution in [0.3, 0.4) is 0 Å². The zero-order valence-electron chi connectivity index (χ0n) is 14.2. The number of piperidine rings is 1. The topological polar surface area (TPSA) is 69.6 Å². The Kier molecular flexibility index (Phi) is 4.90. The highest BCUT2D eigenvalue weighted by atomic mass is 16.4. The summed E-state index contributed by atoms with van der Waals surface area (Å²) in [7, 11) is 0. The van der Waals surface area contributed by atoms with Gasteiger partial charge < -0.3 is 10.4 Å². The van der Waals surface area contributed by atoms with E-state index in [1.54, 1.807) is 0 Å². The third-order valence-corrected chi connectivity index (χ3v) is 5.32. The first-order valence-electron chi connectivity index (χ1n) is 8.76. The predicted octanol–water partition coefficient (Wildman–Crippen LogP) is 1.88. The van der Waals surface area contributed by atoms with Gasteiger partial charge in [0.25, 0.3) is 0 Å². The summed E-state index contributed by atoms with van der Waals surface area (Å²) in [5, 5.41) is 12.3.